The number of amides is 1. The van der Waals surface area contributed by atoms with Gasteiger partial charge < -0.3 is 15.8 Å². The molecule has 116 valence electrons. The molecule has 0 aliphatic carbocycles. The van der Waals surface area contributed by atoms with Crippen molar-refractivity contribution in [1.82, 2.24) is 5.32 Å². The summed E-state index contributed by atoms with van der Waals surface area (Å²) in [6.45, 7) is 5.50. The molecule has 0 saturated carbocycles. The molecule has 1 amide bonds. The van der Waals surface area contributed by atoms with E-state index in [0.29, 0.717) is 12.5 Å². The largest absolute Gasteiger partial charge is 0.378 e. The van der Waals surface area contributed by atoms with Crippen molar-refractivity contribution in [2.45, 2.75) is 38.8 Å². The number of benzene rings is 1. The van der Waals surface area contributed by atoms with Crippen LogP contribution in [-0.2, 0) is 9.53 Å². The molecule has 0 bridgehead atoms. The first-order valence-corrected chi connectivity index (χ1v) is 7.83. The second kappa shape index (κ2) is 7.57. The first-order chi connectivity index (χ1) is 10.1. The van der Waals surface area contributed by atoms with E-state index in [-0.39, 0.29) is 24.0 Å². The van der Waals surface area contributed by atoms with Crippen LogP contribution in [0, 0.1) is 11.8 Å². The highest BCUT2D eigenvalue weighted by molar-refractivity contribution is 5.79. The van der Waals surface area contributed by atoms with Crippen LogP contribution in [-0.4, -0.2) is 25.2 Å². The van der Waals surface area contributed by atoms with Crippen molar-refractivity contribution in [2.24, 2.45) is 17.6 Å². The summed E-state index contributed by atoms with van der Waals surface area (Å²) in [7, 11) is 0. The average Bonchev–Trinajstić information content (AvgIpc) is 2.99. The van der Waals surface area contributed by atoms with Crippen LogP contribution >= 0.6 is 0 Å². The molecule has 1 aromatic carbocycles. The molecule has 0 spiro atoms. The predicted octanol–water partition coefficient (Wildman–Crippen LogP) is 2.25. The van der Waals surface area contributed by atoms with Gasteiger partial charge in [0.25, 0.3) is 0 Å². The zero-order chi connectivity index (χ0) is 15.2. The number of carbonyl (C=O) groups is 1. The van der Waals surface area contributed by atoms with Gasteiger partial charge in [0.05, 0.1) is 12.0 Å². The van der Waals surface area contributed by atoms with E-state index < -0.39 is 0 Å². The topological polar surface area (TPSA) is 64.3 Å². The fourth-order valence-corrected chi connectivity index (χ4v) is 2.90. The number of rotatable bonds is 6. The fourth-order valence-electron chi connectivity index (χ4n) is 2.90. The van der Waals surface area contributed by atoms with Crippen LogP contribution in [0.4, 0.5) is 0 Å². The summed E-state index contributed by atoms with van der Waals surface area (Å²) in [5, 5.41) is 3.04. The summed E-state index contributed by atoms with van der Waals surface area (Å²) in [5.41, 5.74) is 7.19. The van der Waals surface area contributed by atoms with Crippen molar-refractivity contribution in [3.63, 3.8) is 0 Å². The van der Waals surface area contributed by atoms with E-state index in [9.17, 15) is 4.79 Å². The molecule has 0 aromatic heterocycles. The summed E-state index contributed by atoms with van der Waals surface area (Å²) in [5.74, 6) is 0.210. The number of nitrogens with one attached hydrogen (secondary N) is 1. The van der Waals surface area contributed by atoms with Crippen molar-refractivity contribution in [3.05, 3.63) is 35.9 Å². The smallest absolute Gasteiger partial charge is 0.224 e. The second-order valence-electron chi connectivity index (χ2n) is 5.84. The van der Waals surface area contributed by atoms with E-state index >= 15 is 0 Å². The van der Waals surface area contributed by atoms with Gasteiger partial charge in [-0.2, -0.15) is 0 Å². The predicted molar refractivity (Wildman–Crippen MR) is 83.7 cm³/mol. The van der Waals surface area contributed by atoms with Crippen molar-refractivity contribution < 1.29 is 9.53 Å². The molecule has 2 rings (SSSR count). The normalized spacial score (nSPS) is 24.5. The lowest BCUT2D eigenvalue weighted by molar-refractivity contribution is -0.125. The zero-order valence-corrected chi connectivity index (χ0v) is 12.9. The highest BCUT2D eigenvalue weighted by Gasteiger charge is 2.28. The molecule has 0 radical (unpaired) electrons. The van der Waals surface area contributed by atoms with Crippen LogP contribution < -0.4 is 11.1 Å². The number of hydrogen-bond acceptors (Lipinski definition) is 3. The first kappa shape index (κ1) is 16.0. The van der Waals surface area contributed by atoms with E-state index in [0.717, 1.165) is 25.0 Å². The van der Waals surface area contributed by atoms with Gasteiger partial charge in [0.1, 0.15) is 0 Å². The van der Waals surface area contributed by atoms with Gasteiger partial charge in [0.2, 0.25) is 5.91 Å². The number of nitrogens with two attached hydrogens (primary N) is 1. The van der Waals surface area contributed by atoms with Crippen LogP contribution in [0.2, 0.25) is 0 Å². The van der Waals surface area contributed by atoms with Crippen LogP contribution in [0.5, 0.6) is 0 Å². The lowest BCUT2D eigenvalue weighted by Gasteiger charge is -2.22. The molecule has 3 N–H and O–H groups in total. The van der Waals surface area contributed by atoms with Crippen LogP contribution in [0.1, 0.15) is 38.3 Å². The molecule has 4 atom stereocenters. The summed E-state index contributed by atoms with van der Waals surface area (Å²) in [4.78, 5) is 12.3. The van der Waals surface area contributed by atoms with Crippen molar-refractivity contribution >= 4 is 5.91 Å². The SMILES string of the molecule is CCC1OCCC1CNC(=O)C(C)C(N)c1ccccc1. The molecular weight excluding hydrogens is 264 g/mol. The third-order valence-corrected chi connectivity index (χ3v) is 4.42. The fraction of sp³-hybridized carbons (Fsp3) is 0.588. The number of hydrogen-bond donors (Lipinski definition) is 2. The van der Waals surface area contributed by atoms with Crippen molar-refractivity contribution in [2.75, 3.05) is 13.2 Å². The van der Waals surface area contributed by atoms with Gasteiger partial charge in [0, 0.05) is 25.1 Å². The highest BCUT2D eigenvalue weighted by atomic mass is 16.5. The quantitative estimate of drug-likeness (QED) is 0.844. The molecule has 4 unspecified atom stereocenters. The van der Waals surface area contributed by atoms with E-state index in [1.807, 2.05) is 37.3 Å². The Morgan fingerprint density at radius 2 is 2.14 bits per heavy atom. The number of ether oxygens (including phenoxy) is 1. The van der Waals surface area contributed by atoms with Crippen molar-refractivity contribution in [1.29, 1.82) is 0 Å². The van der Waals surface area contributed by atoms with Crippen LogP contribution in [0.15, 0.2) is 30.3 Å². The molecule has 21 heavy (non-hydrogen) atoms. The highest BCUT2D eigenvalue weighted by Crippen LogP contribution is 2.23. The third kappa shape index (κ3) is 4.05. The van der Waals surface area contributed by atoms with Gasteiger partial charge in [-0.05, 0) is 18.4 Å². The van der Waals surface area contributed by atoms with Crippen LogP contribution in [0.3, 0.4) is 0 Å². The Labute approximate surface area is 127 Å². The minimum absolute atomic E-state index is 0.0214. The summed E-state index contributed by atoms with van der Waals surface area (Å²) < 4.78 is 5.65. The van der Waals surface area contributed by atoms with E-state index in [1.54, 1.807) is 0 Å². The van der Waals surface area contributed by atoms with E-state index in [2.05, 4.69) is 12.2 Å². The maximum absolute atomic E-state index is 12.3. The molecule has 1 aromatic rings. The lowest BCUT2D eigenvalue weighted by atomic mass is 9.94. The summed E-state index contributed by atoms with van der Waals surface area (Å²) in [6, 6.07) is 9.50. The molecule has 4 nitrogen and oxygen atoms in total. The van der Waals surface area contributed by atoms with Crippen molar-refractivity contribution in [3.8, 4) is 0 Å². The molecule has 4 heteroatoms. The maximum atomic E-state index is 12.3. The molecule has 1 heterocycles. The Bertz CT molecular complexity index is 449. The second-order valence-corrected chi connectivity index (χ2v) is 5.84. The zero-order valence-electron chi connectivity index (χ0n) is 12.9. The van der Waals surface area contributed by atoms with E-state index in [4.69, 9.17) is 10.5 Å². The van der Waals surface area contributed by atoms with Gasteiger partial charge in [-0.3, -0.25) is 4.79 Å². The Balaban J connectivity index is 1.85. The Morgan fingerprint density at radius 3 is 2.81 bits per heavy atom. The minimum atomic E-state index is -0.270. The van der Waals surface area contributed by atoms with Gasteiger partial charge in [-0.25, -0.2) is 0 Å². The Hall–Kier alpha value is -1.39. The molecule has 1 fully saturated rings. The Kier molecular flexibility index (Phi) is 5.76. The minimum Gasteiger partial charge on any atom is -0.378 e. The number of carbonyl (C=O) groups excluding carboxylic acids is 1. The molecular formula is C17H26N2O2. The first-order valence-electron chi connectivity index (χ1n) is 7.83. The molecule has 1 aliphatic rings. The third-order valence-electron chi connectivity index (χ3n) is 4.42. The summed E-state index contributed by atoms with van der Waals surface area (Å²) >= 11 is 0. The molecule has 1 aliphatic heterocycles. The Morgan fingerprint density at radius 1 is 1.43 bits per heavy atom. The average molecular weight is 290 g/mol. The molecule has 1 saturated heterocycles. The van der Waals surface area contributed by atoms with Gasteiger partial charge in [0.15, 0.2) is 0 Å². The van der Waals surface area contributed by atoms with Gasteiger partial charge >= 0.3 is 0 Å². The monoisotopic (exact) mass is 290 g/mol. The maximum Gasteiger partial charge on any atom is 0.224 e. The van der Waals surface area contributed by atoms with Gasteiger partial charge in [-0.1, -0.05) is 44.2 Å². The standard InChI is InChI=1S/C17H26N2O2/c1-3-15-14(9-10-21-15)11-19-17(20)12(2)16(18)13-7-5-4-6-8-13/h4-8,12,14-16H,3,9-11,18H2,1-2H3,(H,19,20). The summed E-state index contributed by atoms with van der Waals surface area (Å²) in [6.07, 6.45) is 2.31. The van der Waals surface area contributed by atoms with E-state index in [1.165, 1.54) is 0 Å². The van der Waals surface area contributed by atoms with Crippen LogP contribution in [0.25, 0.3) is 0 Å². The van der Waals surface area contributed by atoms with Gasteiger partial charge in [-0.15, -0.1) is 0 Å². The lowest BCUT2D eigenvalue weighted by Crippen LogP contribution is -2.39.